The molecule has 0 atom stereocenters. The van der Waals surface area contributed by atoms with Crippen molar-refractivity contribution >= 4 is 23.4 Å². The number of fused-ring (bicyclic) bond motifs is 2. The van der Waals surface area contributed by atoms with Crippen molar-refractivity contribution in [3.63, 3.8) is 0 Å². The van der Waals surface area contributed by atoms with E-state index in [0.717, 1.165) is 11.3 Å². The van der Waals surface area contributed by atoms with Crippen molar-refractivity contribution in [3.05, 3.63) is 65.5 Å². The van der Waals surface area contributed by atoms with E-state index < -0.39 is 5.82 Å². The van der Waals surface area contributed by atoms with Crippen LogP contribution in [0, 0.1) is 5.82 Å². The minimum absolute atomic E-state index is 0.209. The summed E-state index contributed by atoms with van der Waals surface area (Å²) < 4.78 is 19.0. The lowest BCUT2D eigenvalue weighted by atomic mass is 10.1. The Hall–Kier alpha value is -2.95. The van der Waals surface area contributed by atoms with E-state index in [1.807, 2.05) is 24.3 Å². The number of carbonyl (C=O) groups excluding carboxylic acids is 1. The highest BCUT2D eigenvalue weighted by atomic mass is 19.1. The number of amides is 1. The summed E-state index contributed by atoms with van der Waals surface area (Å²) >= 11 is 0. The minimum atomic E-state index is -0.409. The molecule has 0 fully saturated rings. The van der Waals surface area contributed by atoms with Crippen molar-refractivity contribution in [1.82, 2.24) is 0 Å². The number of nitrogens with zero attached hydrogens (tertiary/aromatic N) is 2. The number of halogens is 1. The molecule has 2 heterocycles. The molecule has 22 heavy (non-hydrogen) atoms. The third-order valence-corrected chi connectivity index (χ3v) is 3.59. The van der Waals surface area contributed by atoms with Crippen LogP contribution in [0.2, 0.25) is 0 Å². The van der Waals surface area contributed by atoms with Gasteiger partial charge in [-0.05, 0) is 30.3 Å². The number of ether oxygens (including phenoxy) is 1. The van der Waals surface area contributed by atoms with E-state index in [9.17, 15) is 9.18 Å². The van der Waals surface area contributed by atoms with E-state index in [0.29, 0.717) is 17.0 Å². The summed E-state index contributed by atoms with van der Waals surface area (Å²) in [5, 5.41) is 5.50. The summed E-state index contributed by atoms with van der Waals surface area (Å²) in [6.07, 6.45) is 1.77. The van der Waals surface area contributed by atoms with Crippen LogP contribution in [0.25, 0.3) is 6.08 Å². The first-order valence-electron chi connectivity index (χ1n) is 6.84. The summed E-state index contributed by atoms with van der Waals surface area (Å²) in [7, 11) is 0. The second-order valence-corrected chi connectivity index (χ2v) is 5.03. The first kappa shape index (κ1) is 12.8. The van der Waals surface area contributed by atoms with E-state index >= 15 is 0 Å². The smallest absolute Gasteiger partial charge is 0.280 e. The molecule has 0 aromatic heterocycles. The molecule has 0 unspecified atom stereocenters. The zero-order valence-corrected chi connectivity index (χ0v) is 11.5. The second-order valence-electron chi connectivity index (χ2n) is 5.03. The molecule has 2 aromatic carbocycles. The van der Waals surface area contributed by atoms with Gasteiger partial charge in [0, 0.05) is 5.56 Å². The molecule has 2 aliphatic heterocycles. The highest BCUT2D eigenvalue weighted by Crippen LogP contribution is 2.30. The SMILES string of the molecule is O=C1C2=Cc3ccccc3OCC2=NN1c1cccc(F)c1. The number of para-hydroxylation sites is 1. The Morgan fingerprint density at radius 2 is 2.00 bits per heavy atom. The summed E-state index contributed by atoms with van der Waals surface area (Å²) in [6.45, 7) is 0.209. The Kier molecular flexibility index (Phi) is 2.79. The number of rotatable bonds is 1. The van der Waals surface area contributed by atoms with E-state index in [2.05, 4.69) is 5.10 Å². The molecule has 0 saturated carbocycles. The number of carbonyl (C=O) groups is 1. The number of hydrazone groups is 1. The molecule has 0 N–H and O–H groups in total. The standard InChI is InChI=1S/C17H11FN2O2/c18-12-5-3-6-13(9-12)20-17(21)14-8-11-4-1-2-7-16(11)22-10-15(14)19-20/h1-9H,10H2. The average molecular weight is 294 g/mol. The lowest BCUT2D eigenvalue weighted by Gasteiger charge is -2.11. The van der Waals surface area contributed by atoms with E-state index in [1.54, 1.807) is 18.2 Å². The maximum atomic E-state index is 13.4. The van der Waals surface area contributed by atoms with Gasteiger partial charge in [0.1, 0.15) is 23.9 Å². The van der Waals surface area contributed by atoms with Gasteiger partial charge in [0.15, 0.2) is 0 Å². The molecule has 0 bridgehead atoms. The highest BCUT2D eigenvalue weighted by molar-refractivity contribution is 6.33. The van der Waals surface area contributed by atoms with Crippen LogP contribution in [0.15, 0.2) is 59.2 Å². The van der Waals surface area contributed by atoms with Crippen LogP contribution in [0.5, 0.6) is 5.75 Å². The Bertz CT molecular complexity index is 842. The molecular formula is C17H11FN2O2. The molecule has 2 aliphatic rings. The van der Waals surface area contributed by atoms with Gasteiger partial charge in [0.2, 0.25) is 0 Å². The monoisotopic (exact) mass is 294 g/mol. The summed E-state index contributed by atoms with van der Waals surface area (Å²) in [5.41, 5.74) is 2.26. The number of hydrogen-bond acceptors (Lipinski definition) is 3. The lowest BCUT2D eigenvalue weighted by molar-refractivity contribution is -0.114. The predicted molar refractivity (Wildman–Crippen MR) is 81.2 cm³/mol. The predicted octanol–water partition coefficient (Wildman–Crippen LogP) is 3.00. The minimum Gasteiger partial charge on any atom is -0.487 e. The zero-order chi connectivity index (χ0) is 15.1. The Labute approximate surface area is 126 Å². The largest absolute Gasteiger partial charge is 0.487 e. The second kappa shape index (κ2) is 4.80. The first-order chi connectivity index (χ1) is 10.7. The van der Waals surface area contributed by atoms with Crippen LogP contribution in [0.1, 0.15) is 5.56 Å². The Morgan fingerprint density at radius 1 is 1.14 bits per heavy atom. The van der Waals surface area contributed by atoms with E-state index in [4.69, 9.17) is 4.74 Å². The van der Waals surface area contributed by atoms with Crippen LogP contribution in [-0.4, -0.2) is 18.2 Å². The van der Waals surface area contributed by atoms with Crippen molar-refractivity contribution in [2.75, 3.05) is 11.6 Å². The Balaban J connectivity index is 1.77. The third-order valence-electron chi connectivity index (χ3n) is 3.59. The number of benzene rings is 2. The van der Waals surface area contributed by atoms with Gasteiger partial charge in [-0.3, -0.25) is 4.79 Å². The molecule has 2 aromatic rings. The topological polar surface area (TPSA) is 41.9 Å². The lowest BCUT2D eigenvalue weighted by Crippen LogP contribution is -2.21. The van der Waals surface area contributed by atoms with Gasteiger partial charge < -0.3 is 4.74 Å². The van der Waals surface area contributed by atoms with Gasteiger partial charge >= 0.3 is 0 Å². The molecule has 0 aliphatic carbocycles. The Morgan fingerprint density at radius 3 is 2.86 bits per heavy atom. The average Bonchev–Trinajstić information content (AvgIpc) is 2.73. The van der Waals surface area contributed by atoms with Gasteiger partial charge in [0.25, 0.3) is 5.91 Å². The van der Waals surface area contributed by atoms with Crippen molar-refractivity contribution in [2.24, 2.45) is 5.10 Å². The quantitative estimate of drug-likeness (QED) is 0.811. The molecule has 4 nitrogen and oxygen atoms in total. The van der Waals surface area contributed by atoms with Crippen LogP contribution in [0.3, 0.4) is 0 Å². The summed E-state index contributed by atoms with van der Waals surface area (Å²) in [6, 6.07) is 13.3. The summed E-state index contributed by atoms with van der Waals surface area (Å²) in [4.78, 5) is 12.6. The van der Waals surface area contributed by atoms with Gasteiger partial charge in [-0.25, -0.2) is 4.39 Å². The fraction of sp³-hybridized carbons (Fsp3) is 0.0588. The van der Waals surface area contributed by atoms with E-state index in [-0.39, 0.29) is 12.5 Å². The van der Waals surface area contributed by atoms with Crippen LogP contribution >= 0.6 is 0 Å². The highest BCUT2D eigenvalue weighted by Gasteiger charge is 2.33. The molecular weight excluding hydrogens is 283 g/mol. The normalized spacial score (nSPS) is 16.2. The fourth-order valence-electron chi connectivity index (χ4n) is 2.52. The summed E-state index contributed by atoms with van der Waals surface area (Å²) in [5.74, 6) is 0.0336. The van der Waals surface area contributed by atoms with Gasteiger partial charge in [-0.1, -0.05) is 24.3 Å². The van der Waals surface area contributed by atoms with Crippen LogP contribution in [-0.2, 0) is 4.79 Å². The zero-order valence-electron chi connectivity index (χ0n) is 11.5. The molecule has 4 rings (SSSR count). The number of anilines is 1. The van der Waals surface area contributed by atoms with Crippen molar-refractivity contribution in [1.29, 1.82) is 0 Å². The molecule has 0 saturated heterocycles. The van der Waals surface area contributed by atoms with Crippen molar-refractivity contribution < 1.29 is 13.9 Å². The van der Waals surface area contributed by atoms with Crippen molar-refractivity contribution in [2.45, 2.75) is 0 Å². The van der Waals surface area contributed by atoms with Gasteiger partial charge in [-0.2, -0.15) is 10.1 Å². The maximum Gasteiger partial charge on any atom is 0.280 e. The third kappa shape index (κ3) is 1.98. The van der Waals surface area contributed by atoms with Crippen LogP contribution in [0.4, 0.5) is 10.1 Å². The van der Waals surface area contributed by atoms with Crippen molar-refractivity contribution in [3.8, 4) is 5.75 Å². The number of hydrogen-bond donors (Lipinski definition) is 0. The van der Waals surface area contributed by atoms with Gasteiger partial charge in [0.05, 0.1) is 11.3 Å². The molecule has 0 spiro atoms. The van der Waals surface area contributed by atoms with E-state index in [1.165, 1.54) is 17.1 Å². The molecule has 5 heteroatoms. The first-order valence-corrected chi connectivity index (χ1v) is 6.84. The molecule has 1 amide bonds. The maximum absolute atomic E-state index is 13.4. The van der Waals surface area contributed by atoms with Crippen LogP contribution < -0.4 is 9.75 Å². The fourth-order valence-corrected chi connectivity index (χ4v) is 2.52. The van der Waals surface area contributed by atoms with Gasteiger partial charge in [-0.15, -0.1) is 0 Å². The molecule has 108 valence electrons. The molecule has 0 radical (unpaired) electrons.